The number of esters is 1. The first-order valence-corrected chi connectivity index (χ1v) is 4.62. The molecule has 17 heavy (non-hydrogen) atoms. The van der Waals surface area contributed by atoms with Crippen molar-refractivity contribution in [3.05, 3.63) is 45.5 Å². The second-order valence-electron chi connectivity index (χ2n) is 3.24. The number of aromatic nitrogens is 2. The monoisotopic (exact) mass is 236 g/mol. The smallest absolute Gasteiger partial charge is 0.411 e. The van der Waals surface area contributed by atoms with Crippen LogP contribution in [0.3, 0.4) is 0 Å². The van der Waals surface area contributed by atoms with E-state index in [1.807, 2.05) is 0 Å². The molecule has 0 fully saturated rings. The van der Waals surface area contributed by atoms with Crippen molar-refractivity contribution in [2.24, 2.45) is 0 Å². The Morgan fingerprint density at radius 2 is 2.12 bits per heavy atom. The van der Waals surface area contributed by atoms with Gasteiger partial charge in [0, 0.05) is 6.07 Å². The number of carbonyl (C=O) groups is 1. The quantitative estimate of drug-likeness (QED) is 0.316. The molecule has 0 unspecified atom stereocenters. The van der Waals surface area contributed by atoms with Crippen molar-refractivity contribution in [1.82, 2.24) is 4.73 Å². The molecular weight excluding hydrogens is 228 g/mol. The first kappa shape index (κ1) is 10.9. The fourth-order valence-corrected chi connectivity index (χ4v) is 1.50. The Morgan fingerprint density at radius 3 is 2.76 bits per heavy atom. The zero-order valence-corrected chi connectivity index (χ0v) is 8.78. The van der Waals surface area contributed by atoms with Crippen LogP contribution < -0.4 is 10.3 Å². The lowest BCUT2D eigenvalue weighted by Gasteiger charge is -2.07. The van der Waals surface area contributed by atoms with Crippen LogP contribution in [0.5, 0.6) is 0 Å². The topological polar surface area (TPSA) is 95.5 Å². The van der Waals surface area contributed by atoms with Gasteiger partial charge in [0.2, 0.25) is 5.52 Å². The Kier molecular flexibility index (Phi) is 2.43. The predicted octanol–water partition coefficient (Wildman–Crippen LogP) is -0.341. The molecule has 0 radical (unpaired) electrons. The third-order valence-corrected chi connectivity index (χ3v) is 2.31. The fraction of sp³-hybridized carbons (Fsp3) is 0.100. The molecule has 0 saturated heterocycles. The average molecular weight is 236 g/mol. The van der Waals surface area contributed by atoms with Gasteiger partial charge in [0.1, 0.15) is 0 Å². The van der Waals surface area contributed by atoms with Crippen molar-refractivity contribution in [3.63, 3.8) is 0 Å². The van der Waals surface area contributed by atoms with Crippen LogP contribution in [-0.4, -0.2) is 23.0 Å². The molecule has 2 rings (SSSR count). The number of fused-ring (bicyclic) bond motifs is 1. The number of benzene rings is 1. The van der Waals surface area contributed by atoms with Crippen molar-refractivity contribution in [2.45, 2.75) is 0 Å². The van der Waals surface area contributed by atoms with Crippen LogP contribution in [-0.2, 0) is 4.74 Å². The number of carbonyl (C=O) groups excluding carboxylic acids is 1. The van der Waals surface area contributed by atoms with Crippen LogP contribution in [0.1, 0.15) is 10.5 Å². The molecule has 1 N–H and O–H groups in total. The van der Waals surface area contributed by atoms with Gasteiger partial charge in [-0.15, -0.1) is 4.73 Å². The number of para-hydroxylation sites is 2. The number of ether oxygens (including phenoxy) is 1. The minimum absolute atomic E-state index is 0.00463. The highest BCUT2D eigenvalue weighted by Gasteiger charge is 2.27. The SMILES string of the molecule is COC(=O)c1c(=O)n(O)c2ccccc2[n+]1[O-]. The number of hydrogen-bond donors (Lipinski definition) is 1. The molecule has 2 aromatic rings. The molecule has 0 amide bonds. The largest absolute Gasteiger partial charge is 0.617 e. The summed E-state index contributed by atoms with van der Waals surface area (Å²) in [5.41, 5.74) is -1.89. The van der Waals surface area contributed by atoms with Gasteiger partial charge in [0.15, 0.2) is 5.52 Å². The van der Waals surface area contributed by atoms with Crippen LogP contribution in [0.25, 0.3) is 11.0 Å². The lowest BCUT2D eigenvalue weighted by Crippen LogP contribution is -2.46. The Hall–Kier alpha value is -2.57. The summed E-state index contributed by atoms with van der Waals surface area (Å²) < 4.78 is 4.71. The molecule has 1 heterocycles. The molecule has 7 heteroatoms. The molecule has 0 bridgehead atoms. The second kappa shape index (κ2) is 3.78. The third-order valence-electron chi connectivity index (χ3n) is 2.31. The first-order chi connectivity index (χ1) is 8.07. The zero-order chi connectivity index (χ0) is 12.6. The maximum Gasteiger partial charge on any atom is 0.411 e. The molecule has 0 aliphatic heterocycles. The van der Waals surface area contributed by atoms with Gasteiger partial charge in [-0.1, -0.05) is 12.1 Å². The van der Waals surface area contributed by atoms with Crippen LogP contribution in [0.2, 0.25) is 0 Å². The van der Waals surface area contributed by atoms with Crippen LogP contribution in [0.15, 0.2) is 29.1 Å². The number of nitrogens with zero attached hydrogens (tertiary/aromatic N) is 2. The maximum atomic E-state index is 11.8. The summed E-state index contributed by atoms with van der Waals surface area (Å²) in [5.74, 6) is -1.10. The summed E-state index contributed by atoms with van der Waals surface area (Å²) in [6.45, 7) is 0. The van der Waals surface area contributed by atoms with Crippen LogP contribution >= 0.6 is 0 Å². The van der Waals surface area contributed by atoms with E-state index >= 15 is 0 Å². The lowest BCUT2D eigenvalue weighted by molar-refractivity contribution is -0.582. The van der Waals surface area contributed by atoms with Crippen LogP contribution in [0.4, 0.5) is 0 Å². The minimum atomic E-state index is -1.12. The standard InChI is InChI=1S/C10H8N2O5/c1-17-10(14)8-9(13)12(16)7-5-3-2-4-6(7)11(8)15/h2-5,16H,1H3. The van der Waals surface area contributed by atoms with Gasteiger partial charge in [0.05, 0.1) is 7.11 Å². The van der Waals surface area contributed by atoms with E-state index in [-0.39, 0.29) is 20.5 Å². The van der Waals surface area contributed by atoms with Gasteiger partial charge >= 0.3 is 17.2 Å². The first-order valence-electron chi connectivity index (χ1n) is 4.62. The Morgan fingerprint density at radius 1 is 1.47 bits per heavy atom. The van der Waals surface area contributed by atoms with Crippen molar-refractivity contribution in [2.75, 3.05) is 7.11 Å². The minimum Gasteiger partial charge on any atom is -0.617 e. The fourth-order valence-electron chi connectivity index (χ4n) is 1.50. The molecule has 0 saturated carbocycles. The highest BCUT2D eigenvalue weighted by Crippen LogP contribution is 2.06. The summed E-state index contributed by atoms with van der Waals surface area (Å²) in [7, 11) is 1.04. The Bertz CT molecular complexity index is 662. The van der Waals surface area contributed by atoms with Gasteiger partial charge in [-0.05, 0) is 6.07 Å². The molecular formula is C10H8N2O5. The van der Waals surface area contributed by atoms with Crippen molar-refractivity contribution in [1.29, 1.82) is 0 Å². The summed E-state index contributed by atoms with van der Waals surface area (Å²) in [6, 6.07) is 5.85. The normalized spacial score (nSPS) is 10.4. The lowest BCUT2D eigenvalue weighted by atomic mass is 10.3. The Balaban J connectivity index is 2.97. The molecule has 0 aliphatic carbocycles. The molecule has 0 atom stereocenters. The molecule has 1 aromatic heterocycles. The van der Waals surface area contributed by atoms with E-state index in [9.17, 15) is 20.0 Å². The van der Waals surface area contributed by atoms with E-state index in [0.29, 0.717) is 0 Å². The number of rotatable bonds is 1. The molecule has 0 spiro atoms. The maximum absolute atomic E-state index is 11.8. The molecule has 1 aromatic carbocycles. The molecule has 0 aliphatic rings. The van der Waals surface area contributed by atoms with Gasteiger partial charge in [-0.3, -0.25) is 4.79 Å². The van der Waals surface area contributed by atoms with Crippen molar-refractivity contribution >= 4 is 17.0 Å². The highest BCUT2D eigenvalue weighted by atomic mass is 16.5. The van der Waals surface area contributed by atoms with E-state index < -0.39 is 17.2 Å². The Labute approximate surface area is 94.6 Å². The second-order valence-corrected chi connectivity index (χ2v) is 3.24. The van der Waals surface area contributed by atoms with E-state index in [2.05, 4.69) is 4.74 Å². The zero-order valence-electron chi connectivity index (χ0n) is 8.78. The van der Waals surface area contributed by atoms with E-state index in [1.54, 1.807) is 12.1 Å². The van der Waals surface area contributed by atoms with Crippen molar-refractivity contribution in [3.8, 4) is 0 Å². The predicted molar refractivity (Wildman–Crippen MR) is 55.7 cm³/mol. The highest BCUT2D eigenvalue weighted by molar-refractivity contribution is 5.86. The van der Waals surface area contributed by atoms with Crippen molar-refractivity contribution < 1.29 is 19.5 Å². The van der Waals surface area contributed by atoms with Gasteiger partial charge < -0.3 is 15.2 Å². The summed E-state index contributed by atoms with van der Waals surface area (Å²) in [6.07, 6.45) is 0. The van der Waals surface area contributed by atoms with Gasteiger partial charge in [-0.2, -0.15) is 4.73 Å². The van der Waals surface area contributed by atoms with Gasteiger partial charge in [0.25, 0.3) is 0 Å². The van der Waals surface area contributed by atoms with Gasteiger partial charge in [-0.25, -0.2) is 4.79 Å². The molecule has 7 nitrogen and oxygen atoms in total. The van der Waals surface area contributed by atoms with E-state index in [4.69, 9.17) is 0 Å². The van der Waals surface area contributed by atoms with E-state index in [0.717, 1.165) is 7.11 Å². The van der Waals surface area contributed by atoms with E-state index in [1.165, 1.54) is 12.1 Å². The summed E-state index contributed by atoms with van der Waals surface area (Å²) in [5, 5.41) is 21.3. The number of hydrogen-bond acceptors (Lipinski definition) is 5. The number of methoxy groups -OCH3 is 1. The third kappa shape index (κ3) is 1.48. The average Bonchev–Trinajstić information content (AvgIpc) is 2.36. The summed E-state index contributed by atoms with van der Waals surface area (Å²) in [4.78, 5) is 22.9. The van der Waals surface area contributed by atoms with Crippen LogP contribution in [0, 0.1) is 5.21 Å². The molecule has 88 valence electrons. The summed E-state index contributed by atoms with van der Waals surface area (Å²) >= 11 is 0.